The first-order valence-corrected chi connectivity index (χ1v) is 7.46. The fourth-order valence-electron chi connectivity index (χ4n) is 1.06. The van der Waals surface area contributed by atoms with E-state index in [1.165, 1.54) is 0 Å². The van der Waals surface area contributed by atoms with Crippen LogP contribution in [0.15, 0.2) is 0 Å². The largest absolute Gasteiger partial charge is 0.355 e. The van der Waals surface area contributed by atoms with E-state index in [4.69, 9.17) is 5.73 Å². The number of nitrogens with one attached hydrogen (secondary N) is 2. The summed E-state index contributed by atoms with van der Waals surface area (Å²) in [5, 5.41) is 2.64. The van der Waals surface area contributed by atoms with Crippen LogP contribution in [0.2, 0.25) is 0 Å². The first-order chi connectivity index (χ1) is 7.87. The summed E-state index contributed by atoms with van der Waals surface area (Å²) in [5.41, 5.74) is 5.27. The Morgan fingerprint density at radius 1 is 1.29 bits per heavy atom. The minimum Gasteiger partial charge on any atom is -0.355 e. The number of unbranched alkanes of at least 4 members (excludes halogenated alkanes) is 1. The molecular weight excluding hydrogens is 242 g/mol. The molecule has 0 heterocycles. The summed E-state index contributed by atoms with van der Waals surface area (Å²) >= 11 is 0. The van der Waals surface area contributed by atoms with Crippen molar-refractivity contribution in [3.8, 4) is 0 Å². The van der Waals surface area contributed by atoms with Gasteiger partial charge >= 0.3 is 0 Å². The molecule has 17 heavy (non-hydrogen) atoms. The van der Waals surface area contributed by atoms with Crippen molar-refractivity contribution in [2.45, 2.75) is 26.7 Å². The Morgan fingerprint density at radius 3 is 2.47 bits per heavy atom. The van der Waals surface area contributed by atoms with Gasteiger partial charge in [0, 0.05) is 6.54 Å². The Balaban J connectivity index is 3.81. The van der Waals surface area contributed by atoms with E-state index in [9.17, 15) is 13.2 Å². The molecule has 7 heteroatoms. The SMILES string of the molecule is CC(C)CNC(=O)CNS(=O)(=O)CCCCN. The molecule has 4 N–H and O–H groups in total. The Labute approximate surface area is 103 Å². The highest BCUT2D eigenvalue weighted by Crippen LogP contribution is 1.93. The summed E-state index contributed by atoms with van der Waals surface area (Å²) < 4.78 is 25.1. The Kier molecular flexibility index (Phi) is 8.11. The Bertz CT molecular complexity index is 315. The average molecular weight is 265 g/mol. The van der Waals surface area contributed by atoms with Crippen molar-refractivity contribution in [1.29, 1.82) is 0 Å². The Morgan fingerprint density at radius 2 is 1.94 bits per heavy atom. The minimum absolute atomic E-state index is 0.0155. The predicted octanol–water partition coefficient (Wildman–Crippen LogP) is -0.583. The van der Waals surface area contributed by atoms with E-state index in [-0.39, 0.29) is 18.2 Å². The van der Waals surface area contributed by atoms with Crippen molar-refractivity contribution >= 4 is 15.9 Å². The highest BCUT2D eigenvalue weighted by atomic mass is 32.2. The molecule has 0 aliphatic rings. The average Bonchev–Trinajstić information content (AvgIpc) is 2.24. The molecule has 0 radical (unpaired) electrons. The highest BCUT2D eigenvalue weighted by molar-refractivity contribution is 7.89. The maximum Gasteiger partial charge on any atom is 0.235 e. The van der Waals surface area contributed by atoms with Gasteiger partial charge in [-0.15, -0.1) is 0 Å². The number of sulfonamides is 1. The molecule has 0 aliphatic heterocycles. The summed E-state index contributed by atoms with van der Waals surface area (Å²) in [6.07, 6.45) is 1.18. The van der Waals surface area contributed by atoms with Gasteiger partial charge < -0.3 is 11.1 Å². The second-order valence-corrected chi connectivity index (χ2v) is 6.26. The van der Waals surface area contributed by atoms with Crippen LogP contribution in [0, 0.1) is 5.92 Å². The zero-order chi connectivity index (χ0) is 13.3. The van der Waals surface area contributed by atoms with Crippen LogP contribution in [0.4, 0.5) is 0 Å². The van der Waals surface area contributed by atoms with E-state index < -0.39 is 10.0 Å². The van der Waals surface area contributed by atoms with Gasteiger partial charge in [0.25, 0.3) is 0 Å². The Hall–Kier alpha value is -0.660. The summed E-state index contributed by atoms with van der Waals surface area (Å²) in [6, 6.07) is 0. The lowest BCUT2D eigenvalue weighted by Crippen LogP contribution is -2.39. The number of carbonyl (C=O) groups excluding carboxylic acids is 1. The van der Waals surface area contributed by atoms with Crippen LogP contribution < -0.4 is 15.8 Å². The molecule has 1 amide bonds. The van der Waals surface area contributed by atoms with Gasteiger partial charge in [-0.05, 0) is 25.3 Å². The summed E-state index contributed by atoms with van der Waals surface area (Å²) in [6.45, 7) is 4.77. The van der Waals surface area contributed by atoms with Crippen molar-refractivity contribution in [3.63, 3.8) is 0 Å². The molecule has 6 nitrogen and oxygen atoms in total. The van der Waals surface area contributed by atoms with Gasteiger partial charge in [0.1, 0.15) is 0 Å². The van der Waals surface area contributed by atoms with Crippen LogP contribution in [-0.4, -0.2) is 39.7 Å². The molecule has 0 bridgehead atoms. The number of amides is 1. The van der Waals surface area contributed by atoms with Gasteiger partial charge in [0.15, 0.2) is 0 Å². The normalized spacial score (nSPS) is 11.8. The van der Waals surface area contributed by atoms with Gasteiger partial charge in [-0.3, -0.25) is 4.79 Å². The molecule has 0 aromatic rings. The van der Waals surface area contributed by atoms with E-state index in [2.05, 4.69) is 10.0 Å². The van der Waals surface area contributed by atoms with E-state index in [0.717, 1.165) is 0 Å². The molecule has 0 fully saturated rings. The number of carbonyl (C=O) groups is 1. The van der Waals surface area contributed by atoms with Crippen LogP contribution >= 0.6 is 0 Å². The first-order valence-electron chi connectivity index (χ1n) is 5.81. The molecule has 0 unspecified atom stereocenters. The quantitative estimate of drug-likeness (QED) is 0.485. The maximum absolute atomic E-state index is 11.4. The summed E-state index contributed by atoms with van der Waals surface area (Å²) in [4.78, 5) is 11.3. The second-order valence-electron chi connectivity index (χ2n) is 4.33. The molecule has 0 aromatic heterocycles. The molecule has 0 saturated carbocycles. The molecule has 0 aromatic carbocycles. The van der Waals surface area contributed by atoms with Crippen LogP contribution in [0.3, 0.4) is 0 Å². The van der Waals surface area contributed by atoms with Crippen LogP contribution in [0.5, 0.6) is 0 Å². The lowest BCUT2D eigenvalue weighted by molar-refractivity contribution is -0.120. The monoisotopic (exact) mass is 265 g/mol. The topological polar surface area (TPSA) is 101 Å². The van der Waals surface area contributed by atoms with Crippen molar-refractivity contribution < 1.29 is 13.2 Å². The van der Waals surface area contributed by atoms with Gasteiger partial charge in [-0.1, -0.05) is 13.8 Å². The van der Waals surface area contributed by atoms with E-state index in [1.54, 1.807) is 0 Å². The van der Waals surface area contributed by atoms with Gasteiger partial charge in [0.2, 0.25) is 15.9 Å². The number of nitrogens with two attached hydrogens (primary N) is 1. The maximum atomic E-state index is 11.4. The third-order valence-corrected chi connectivity index (χ3v) is 3.44. The standard InChI is InChI=1S/C10H23N3O3S/c1-9(2)7-12-10(14)8-13-17(15,16)6-4-3-5-11/h9,13H,3-8,11H2,1-2H3,(H,12,14). The number of hydrogen-bond acceptors (Lipinski definition) is 4. The van der Waals surface area contributed by atoms with Crippen LogP contribution in [-0.2, 0) is 14.8 Å². The molecule has 0 aliphatic carbocycles. The van der Waals surface area contributed by atoms with Crippen LogP contribution in [0.25, 0.3) is 0 Å². The first kappa shape index (κ1) is 16.3. The van der Waals surface area contributed by atoms with Gasteiger partial charge in [0.05, 0.1) is 12.3 Å². The number of hydrogen-bond donors (Lipinski definition) is 3. The molecule has 0 rings (SSSR count). The lowest BCUT2D eigenvalue weighted by Gasteiger charge is -2.09. The van der Waals surface area contributed by atoms with Crippen LogP contribution in [0.1, 0.15) is 26.7 Å². The van der Waals surface area contributed by atoms with Crippen molar-refractivity contribution in [3.05, 3.63) is 0 Å². The third-order valence-electron chi connectivity index (χ3n) is 2.03. The minimum atomic E-state index is -3.35. The molecule has 102 valence electrons. The smallest absolute Gasteiger partial charge is 0.235 e. The van der Waals surface area contributed by atoms with Crippen molar-refractivity contribution in [1.82, 2.24) is 10.0 Å². The van der Waals surface area contributed by atoms with Gasteiger partial charge in [-0.25, -0.2) is 13.1 Å². The summed E-state index contributed by atoms with van der Waals surface area (Å²) in [7, 11) is -3.35. The molecule has 0 atom stereocenters. The zero-order valence-corrected chi connectivity index (χ0v) is 11.3. The zero-order valence-electron chi connectivity index (χ0n) is 10.5. The van der Waals surface area contributed by atoms with Gasteiger partial charge in [-0.2, -0.15) is 0 Å². The van der Waals surface area contributed by atoms with Crippen molar-refractivity contribution in [2.24, 2.45) is 11.7 Å². The fraction of sp³-hybridized carbons (Fsp3) is 0.900. The van der Waals surface area contributed by atoms with Crippen molar-refractivity contribution in [2.75, 3.05) is 25.4 Å². The van der Waals surface area contributed by atoms with E-state index in [0.29, 0.717) is 31.8 Å². The third kappa shape index (κ3) is 10.2. The number of rotatable bonds is 9. The van der Waals surface area contributed by atoms with E-state index >= 15 is 0 Å². The predicted molar refractivity (Wildman–Crippen MR) is 67.9 cm³/mol. The van der Waals surface area contributed by atoms with E-state index in [1.807, 2.05) is 13.8 Å². The molecular formula is C10H23N3O3S. The second kappa shape index (κ2) is 8.43. The fourth-order valence-corrected chi connectivity index (χ4v) is 2.14. The highest BCUT2D eigenvalue weighted by Gasteiger charge is 2.11. The summed E-state index contributed by atoms with van der Waals surface area (Å²) in [5.74, 6) is 0.0583. The lowest BCUT2D eigenvalue weighted by atomic mass is 10.2. The molecule has 0 spiro atoms. The molecule has 0 saturated heterocycles.